The highest BCUT2D eigenvalue weighted by atomic mass is 16.5. The zero-order chi connectivity index (χ0) is 12.5. The summed E-state index contributed by atoms with van der Waals surface area (Å²) in [5.41, 5.74) is 0.512. The van der Waals surface area contributed by atoms with E-state index in [1.165, 1.54) is 0 Å². The van der Waals surface area contributed by atoms with Crippen LogP contribution in [0.4, 0.5) is 0 Å². The molecule has 0 spiro atoms. The summed E-state index contributed by atoms with van der Waals surface area (Å²) in [5.74, 6) is 1.44. The van der Waals surface area contributed by atoms with Crippen molar-refractivity contribution in [2.45, 2.75) is 6.92 Å². The normalized spacial score (nSPS) is 10.7. The van der Waals surface area contributed by atoms with Crippen LogP contribution in [0.1, 0.15) is 5.82 Å². The minimum absolute atomic E-state index is 0.0533. The van der Waals surface area contributed by atoms with Gasteiger partial charge in [-0.2, -0.15) is 0 Å². The van der Waals surface area contributed by atoms with Crippen molar-refractivity contribution >= 4 is 5.65 Å². The highest BCUT2D eigenvalue weighted by molar-refractivity contribution is 5.51. The predicted molar refractivity (Wildman–Crippen MR) is 63.7 cm³/mol. The smallest absolute Gasteiger partial charge is 0.265 e. The van der Waals surface area contributed by atoms with Gasteiger partial charge in [-0.15, -0.1) is 10.2 Å². The van der Waals surface area contributed by atoms with E-state index in [4.69, 9.17) is 4.74 Å². The lowest BCUT2D eigenvalue weighted by Gasteiger charge is -2.06. The van der Waals surface area contributed by atoms with E-state index < -0.39 is 0 Å². The minimum atomic E-state index is 0.0533. The van der Waals surface area contributed by atoms with Gasteiger partial charge in [-0.25, -0.2) is 4.98 Å². The second-order valence-corrected chi connectivity index (χ2v) is 3.74. The van der Waals surface area contributed by atoms with Crippen molar-refractivity contribution in [2.24, 2.45) is 0 Å². The molecule has 1 aromatic carbocycles. The highest BCUT2D eigenvalue weighted by Gasteiger charge is 2.11. The molecule has 2 aromatic heterocycles. The maximum Gasteiger partial charge on any atom is 0.265 e. The molecule has 1 N–H and O–H groups in total. The molecule has 18 heavy (non-hydrogen) atoms. The maximum absolute atomic E-state index is 9.65. The third-order valence-electron chi connectivity index (χ3n) is 2.54. The van der Waals surface area contributed by atoms with E-state index in [2.05, 4.69) is 15.2 Å². The van der Waals surface area contributed by atoms with Gasteiger partial charge in [0.1, 0.15) is 5.82 Å². The topological polar surface area (TPSA) is 72.5 Å². The minimum Gasteiger partial charge on any atom is -0.504 e. The van der Waals surface area contributed by atoms with Gasteiger partial charge in [-0.05, 0) is 19.1 Å². The van der Waals surface area contributed by atoms with E-state index in [-0.39, 0.29) is 5.75 Å². The van der Waals surface area contributed by atoms with Crippen molar-refractivity contribution in [2.75, 3.05) is 0 Å². The van der Waals surface area contributed by atoms with Crippen LogP contribution in [0.15, 0.2) is 36.7 Å². The third kappa shape index (κ3) is 1.64. The average molecular weight is 242 g/mol. The molecule has 90 valence electrons. The van der Waals surface area contributed by atoms with Gasteiger partial charge in [0.25, 0.3) is 5.88 Å². The molecular weight excluding hydrogens is 232 g/mol. The fraction of sp³-hybridized carbons (Fsp3) is 0.0833. The van der Waals surface area contributed by atoms with Gasteiger partial charge in [-0.1, -0.05) is 12.1 Å². The number of hydrogen-bond donors (Lipinski definition) is 1. The number of rotatable bonds is 2. The van der Waals surface area contributed by atoms with Crippen molar-refractivity contribution in [1.82, 2.24) is 19.6 Å². The Morgan fingerprint density at radius 2 is 2.06 bits per heavy atom. The Kier molecular flexibility index (Phi) is 2.33. The summed E-state index contributed by atoms with van der Waals surface area (Å²) in [6.45, 7) is 1.84. The number of nitrogens with zero attached hydrogens (tertiary/aromatic N) is 4. The first-order chi connectivity index (χ1) is 8.75. The molecule has 0 fully saturated rings. The van der Waals surface area contributed by atoms with Crippen LogP contribution in [-0.4, -0.2) is 24.7 Å². The number of para-hydroxylation sites is 2. The zero-order valence-corrected chi connectivity index (χ0v) is 9.61. The number of benzene rings is 1. The van der Waals surface area contributed by atoms with Gasteiger partial charge in [-0.3, -0.25) is 4.40 Å². The third-order valence-corrected chi connectivity index (χ3v) is 2.54. The Morgan fingerprint density at radius 1 is 1.22 bits per heavy atom. The van der Waals surface area contributed by atoms with Crippen LogP contribution in [0.5, 0.6) is 17.4 Å². The zero-order valence-electron chi connectivity index (χ0n) is 9.61. The van der Waals surface area contributed by atoms with Gasteiger partial charge >= 0.3 is 0 Å². The molecule has 0 amide bonds. The van der Waals surface area contributed by atoms with E-state index in [1.807, 2.05) is 6.92 Å². The molecule has 0 aliphatic carbocycles. The summed E-state index contributed by atoms with van der Waals surface area (Å²) >= 11 is 0. The van der Waals surface area contributed by atoms with Gasteiger partial charge in [0.2, 0.25) is 5.65 Å². The summed E-state index contributed by atoms with van der Waals surface area (Å²) in [6, 6.07) is 6.69. The predicted octanol–water partition coefficient (Wildman–Crippen LogP) is 1.93. The van der Waals surface area contributed by atoms with Crippen LogP contribution in [0.25, 0.3) is 5.65 Å². The number of aromatic nitrogens is 4. The number of aromatic hydroxyl groups is 1. The number of hydrogen-bond acceptors (Lipinski definition) is 5. The molecule has 0 unspecified atom stereocenters. The maximum atomic E-state index is 9.65. The van der Waals surface area contributed by atoms with E-state index in [9.17, 15) is 5.11 Å². The van der Waals surface area contributed by atoms with Gasteiger partial charge in [0.05, 0.1) is 0 Å². The van der Waals surface area contributed by atoms with E-state index in [1.54, 1.807) is 41.1 Å². The van der Waals surface area contributed by atoms with Crippen molar-refractivity contribution in [3.8, 4) is 17.4 Å². The number of phenolic OH excluding ortho intramolecular Hbond substituents is 1. The van der Waals surface area contributed by atoms with Gasteiger partial charge in [0, 0.05) is 12.4 Å². The molecule has 6 nitrogen and oxygen atoms in total. The first kappa shape index (κ1) is 10.5. The lowest BCUT2D eigenvalue weighted by atomic mass is 10.3. The summed E-state index contributed by atoms with van der Waals surface area (Å²) < 4.78 is 7.32. The molecular formula is C12H10N4O2. The standard InChI is InChI=1S/C12H10N4O2/c1-8-14-15-11-12(13-6-7-16(8)11)18-10-5-3-2-4-9(10)17/h2-7,17H,1H3. The van der Waals surface area contributed by atoms with Crippen molar-refractivity contribution in [3.05, 3.63) is 42.5 Å². The van der Waals surface area contributed by atoms with Crippen LogP contribution in [0.2, 0.25) is 0 Å². The van der Waals surface area contributed by atoms with Crippen LogP contribution >= 0.6 is 0 Å². The summed E-state index contributed by atoms with van der Waals surface area (Å²) in [6.07, 6.45) is 3.35. The first-order valence-electron chi connectivity index (χ1n) is 5.38. The van der Waals surface area contributed by atoms with Gasteiger partial charge in [0.15, 0.2) is 11.5 Å². The monoisotopic (exact) mass is 242 g/mol. The van der Waals surface area contributed by atoms with Crippen LogP contribution in [-0.2, 0) is 0 Å². The fourth-order valence-corrected chi connectivity index (χ4v) is 1.64. The summed E-state index contributed by atoms with van der Waals surface area (Å²) in [5, 5.41) is 17.6. The van der Waals surface area contributed by atoms with Crippen molar-refractivity contribution < 1.29 is 9.84 Å². The highest BCUT2D eigenvalue weighted by Crippen LogP contribution is 2.30. The van der Waals surface area contributed by atoms with E-state index >= 15 is 0 Å². The number of phenols is 1. The number of aryl methyl sites for hydroxylation is 1. The Bertz CT molecular complexity index is 708. The van der Waals surface area contributed by atoms with Crippen LogP contribution in [0.3, 0.4) is 0 Å². The SMILES string of the molecule is Cc1nnc2c(Oc3ccccc3O)nccn12. The molecule has 0 bridgehead atoms. The van der Waals surface area contributed by atoms with Crippen molar-refractivity contribution in [1.29, 1.82) is 0 Å². The Morgan fingerprint density at radius 3 is 2.89 bits per heavy atom. The lowest BCUT2D eigenvalue weighted by molar-refractivity contribution is 0.404. The van der Waals surface area contributed by atoms with E-state index in [0.717, 1.165) is 5.82 Å². The van der Waals surface area contributed by atoms with Crippen LogP contribution in [0, 0.1) is 6.92 Å². The Hall–Kier alpha value is -2.63. The molecule has 3 rings (SSSR count). The first-order valence-corrected chi connectivity index (χ1v) is 5.38. The van der Waals surface area contributed by atoms with Crippen molar-refractivity contribution in [3.63, 3.8) is 0 Å². The van der Waals surface area contributed by atoms with E-state index in [0.29, 0.717) is 17.3 Å². The quantitative estimate of drug-likeness (QED) is 0.743. The molecule has 3 aromatic rings. The molecule has 0 aliphatic rings. The molecule has 0 aliphatic heterocycles. The molecule has 0 saturated carbocycles. The Balaban J connectivity index is 2.08. The molecule has 0 radical (unpaired) electrons. The second-order valence-electron chi connectivity index (χ2n) is 3.74. The molecule has 6 heteroatoms. The molecule has 0 atom stereocenters. The lowest BCUT2D eigenvalue weighted by Crippen LogP contribution is -1.94. The summed E-state index contributed by atoms with van der Waals surface area (Å²) in [7, 11) is 0. The summed E-state index contributed by atoms with van der Waals surface area (Å²) in [4.78, 5) is 4.10. The fourth-order valence-electron chi connectivity index (χ4n) is 1.64. The average Bonchev–Trinajstić information content (AvgIpc) is 2.76. The molecule has 0 saturated heterocycles. The van der Waals surface area contributed by atoms with Crippen LogP contribution < -0.4 is 4.74 Å². The number of fused-ring (bicyclic) bond motifs is 1. The van der Waals surface area contributed by atoms with Gasteiger partial charge < -0.3 is 9.84 Å². The second kappa shape index (κ2) is 3.99. The number of ether oxygens (including phenoxy) is 1. The largest absolute Gasteiger partial charge is 0.504 e. The Labute approximate surface area is 103 Å². The molecule has 2 heterocycles.